The molecule has 11 heteroatoms. The van der Waals surface area contributed by atoms with Crippen molar-refractivity contribution in [1.29, 1.82) is 0 Å². The van der Waals surface area contributed by atoms with Crippen molar-refractivity contribution >= 4 is 11.8 Å². The monoisotopic (exact) mass is 488 g/mol. The lowest BCUT2D eigenvalue weighted by atomic mass is 9.87. The molecule has 11 nitrogen and oxygen atoms in total. The van der Waals surface area contributed by atoms with Crippen LogP contribution in [-0.2, 0) is 18.4 Å². The molecule has 2 atom stereocenters. The number of hydrogen-bond donors (Lipinski definition) is 2. The third-order valence-corrected chi connectivity index (χ3v) is 6.41. The Balaban J connectivity index is 1.28. The lowest BCUT2D eigenvalue weighted by Crippen LogP contribution is -2.29. The van der Waals surface area contributed by atoms with E-state index < -0.39 is 5.97 Å². The van der Waals surface area contributed by atoms with Gasteiger partial charge in [0.15, 0.2) is 5.82 Å². The second-order valence-electron chi connectivity index (χ2n) is 8.94. The Morgan fingerprint density at radius 3 is 2.81 bits per heavy atom. The van der Waals surface area contributed by atoms with E-state index in [0.717, 1.165) is 29.9 Å². The summed E-state index contributed by atoms with van der Waals surface area (Å²) in [5.41, 5.74) is 3.80. The molecule has 0 bridgehead atoms. The maximum atomic E-state index is 11.4. The standard InChI is InChI=1S/C25H28N8O3/c1-16-22(36-19-10-6-7-17(13-19)25(34)35)12-11-20(28-16)24-21(32(2)31-29-24)14-26-23-15-27-33(30-23)18-8-4-3-5-9-18/h3-5,8-9,11-12,15,17,19H,6-7,10,13-14H2,1-2H3,(H,26,30)(H,34,35)/t17-,19-/m0/s1. The molecule has 186 valence electrons. The van der Waals surface area contributed by atoms with E-state index in [0.29, 0.717) is 42.3 Å². The number of benzene rings is 1. The molecule has 1 aliphatic carbocycles. The summed E-state index contributed by atoms with van der Waals surface area (Å²) >= 11 is 0. The van der Waals surface area contributed by atoms with Crippen molar-refractivity contribution in [2.75, 3.05) is 5.32 Å². The van der Waals surface area contributed by atoms with E-state index in [1.54, 1.807) is 15.7 Å². The first kappa shape index (κ1) is 23.5. The van der Waals surface area contributed by atoms with Gasteiger partial charge in [-0.2, -0.15) is 5.10 Å². The van der Waals surface area contributed by atoms with E-state index in [9.17, 15) is 9.90 Å². The number of aliphatic carboxylic acids is 1. The Hall–Kier alpha value is -4.28. The molecule has 3 heterocycles. The van der Waals surface area contributed by atoms with Crippen molar-refractivity contribution in [3.05, 3.63) is 60.0 Å². The number of hydrogen-bond acceptors (Lipinski definition) is 8. The summed E-state index contributed by atoms with van der Waals surface area (Å²) < 4.78 is 7.85. The minimum atomic E-state index is -0.750. The largest absolute Gasteiger partial charge is 0.489 e. The second kappa shape index (κ2) is 10.1. The number of nitrogens with zero attached hydrogens (tertiary/aromatic N) is 7. The Kier molecular flexibility index (Phi) is 6.61. The smallest absolute Gasteiger partial charge is 0.306 e. The number of anilines is 1. The Labute approximate surface area is 208 Å². The highest BCUT2D eigenvalue weighted by Crippen LogP contribution is 2.30. The van der Waals surface area contributed by atoms with Gasteiger partial charge in [-0.05, 0) is 56.9 Å². The number of para-hydroxylation sites is 1. The Bertz CT molecular complexity index is 1350. The maximum Gasteiger partial charge on any atom is 0.306 e. The van der Waals surface area contributed by atoms with Crippen molar-refractivity contribution < 1.29 is 14.6 Å². The molecule has 0 spiro atoms. The number of rotatable bonds is 8. The summed E-state index contributed by atoms with van der Waals surface area (Å²) in [6.45, 7) is 2.32. The third kappa shape index (κ3) is 5.04. The van der Waals surface area contributed by atoms with E-state index in [4.69, 9.17) is 9.72 Å². The number of aryl methyl sites for hydroxylation is 2. The van der Waals surface area contributed by atoms with Gasteiger partial charge in [-0.25, -0.2) is 9.67 Å². The molecule has 1 fully saturated rings. The van der Waals surface area contributed by atoms with Crippen LogP contribution in [0.5, 0.6) is 5.75 Å². The third-order valence-electron chi connectivity index (χ3n) is 6.41. The number of nitrogens with one attached hydrogen (secondary N) is 1. The van der Waals surface area contributed by atoms with E-state index in [1.807, 2.05) is 56.4 Å². The van der Waals surface area contributed by atoms with E-state index in [2.05, 4.69) is 25.8 Å². The summed E-state index contributed by atoms with van der Waals surface area (Å²) in [5.74, 6) is 0.196. The normalized spacial score (nSPS) is 17.6. The first-order valence-electron chi connectivity index (χ1n) is 12.0. The van der Waals surface area contributed by atoms with Gasteiger partial charge in [0.25, 0.3) is 0 Å². The van der Waals surface area contributed by atoms with Gasteiger partial charge in [-0.3, -0.25) is 4.79 Å². The maximum absolute atomic E-state index is 11.4. The average Bonchev–Trinajstić information content (AvgIpc) is 3.51. The zero-order chi connectivity index (χ0) is 25.1. The lowest BCUT2D eigenvalue weighted by molar-refractivity contribution is -0.143. The lowest BCUT2D eigenvalue weighted by Gasteiger charge is -2.27. The first-order chi connectivity index (χ1) is 17.5. The molecule has 1 aliphatic rings. The summed E-state index contributed by atoms with van der Waals surface area (Å²) in [6.07, 6.45) is 4.47. The van der Waals surface area contributed by atoms with E-state index in [-0.39, 0.29) is 12.0 Å². The predicted octanol–water partition coefficient (Wildman–Crippen LogP) is 3.40. The predicted molar refractivity (Wildman–Crippen MR) is 132 cm³/mol. The Morgan fingerprint density at radius 2 is 2.03 bits per heavy atom. The average molecular weight is 489 g/mol. The van der Waals surface area contributed by atoms with Crippen LogP contribution in [0, 0.1) is 12.8 Å². The minimum Gasteiger partial charge on any atom is -0.489 e. The molecule has 1 aromatic carbocycles. The molecule has 1 saturated carbocycles. The molecule has 3 aromatic heterocycles. The van der Waals surface area contributed by atoms with Crippen LogP contribution in [-0.4, -0.2) is 52.2 Å². The highest BCUT2D eigenvalue weighted by atomic mass is 16.5. The van der Waals surface area contributed by atoms with Gasteiger partial charge in [0, 0.05) is 7.05 Å². The number of aromatic nitrogens is 7. The summed E-state index contributed by atoms with van der Waals surface area (Å²) in [5, 5.41) is 29.9. The molecule has 36 heavy (non-hydrogen) atoms. The highest BCUT2D eigenvalue weighted by molar-refractivity contribution is 5.70. The summed E-state index contributed by atoms with van der Waals surface area (Å²) in [7, 11) is 1.83. The second-order valence-corrected chi connectivity index (χ2v) is 8.94. The zero-order valence-corrected chi connectivity index (χ0v) is 20.2. The Morgan fingerprint density at radius 1 is 1.19 bits per heavy atom. The van der Waals surface area contributed by atoms with Crippen molar-refractivity contribution in [2.24, 2.45) is 13.0 Å². The van der Waals surface area contributed by atoms with Crippen molar-refractivity contribution in [1.82, 2.24) is 35.0 Å². The van der Waals surface area contributed by atoms with Crippen LogP contribution >= 0.6 is 0 Å². The molecule has 0 saturated heterocycles. The number of ether oxygens (including phenoxy) is 1. The number of carboxylic acids is 1. The van der Waals surface area contributed by atoms with Crippen molar-refractivity contribution in [3.63, 3.8) is 0 Å². The van der Waals surface area contributed by atoms with Crippen molar-refractivity contribution in [3.8, 4) is 22.8 Å². The van der Waals surface area contributed by atoms with E-state index in [1.165, 1.54) is 0 Å². The van der Waals surface area contributed by atoms with Crippen LogP contribution in [0.15, 0.2) is 48.7 Å². The molecule has 0 amide bonds. The number of carbonyl (C=O) groups is 1. The van der Waals surface area contributed by atoms with Gasteiger partial charge in [0.05, 0.1) is 47.5 Å². The zero-order valence-electron chi connectivity index (χ0n) is 20.2. The van der Waals surface area contributed by atoms with Crippen LogP contribution in [0.25, 0.3) is 17.1 Å². The van der Waals surface area contributed by atoms with Crippen LogP contribution in [0.3, 0.4) is 0 Å². The van der Waals surface area contributed by atoms with Crippen molar-refractivity contribution in [2.45, 2.75) is 45.3 Å². The molecule has 0 radical (unpaired) electrons. The molecular formula is C25H28N8O3. The molecule has 5 rings (SSSR count). The van der Waals surface area contributed by atoms with Gasteiger partial charge in [0.2, 0.25) is 0 Å². The first-order valence-corrected chi connectivity index (χ1v) is 12.0. The molecule has 4 aromatic rings. The van der Waals surface area contributed by atoms with Gasteiger partial charge in [-0.1, -0.05) is 23.4 Å². The fourth-order valence-electron chi connectivity index (χ4n) is 4.44. The fraction of sp³-hybridized carbons (Fsp3) is 0.360. The van der Waals surface area contributed by atoms with Gasteiger partial charge in [0.1, 0.15) is 11.4 Å². The fourth-order valence-corrected chi connectivity index (χ4v) is 4.44. The van der Waals surface area contributed by atoms with Crippen LogP contribution < -0.4 is 10.1 Å². The van der Waals surface area contributed by atoms with Gasteiger partial charge < -0.3 is 15.2 Å². The van der Waals surface area contributed by atoms with E-state index >= 15 is 0 Å². The molecule has 2 N–H and O–H groups in total. The topological polar surface area (TPSA) is 133 Å². The minimum absolute atomic E-state index is 0.119. The molecule has 0 unspecified atom stereocenters. The molecule has 0 aliphatic heterocycles. The summed E-state index contributed by atoms with van der Waals surface area (Å²) in [6, 6.07) is 13.4. The molecular weight excluding hydrogens is 460 g/mol. The number of pyridine rings is 1. The quantitative estimate of drug-likeness (QED) is 0.383. The van der Waals surface area contributed by atoms with Crippen LogP contribution in [0.4, 0.5) is 5.82 Å². The van der Waals surface area contributed by atoms with Gasteiger partial charge in [-0.15, -0.1) is 15.0 Å². The van der Waals surface area contributed by atoms with Crippen LogP contribution in [0.2, 0.25) is 0 Å². The van der Waals surface area contributed by atoms with Gasteiger partial charge >= 0.3 is 5.97 Å². The summed E-state index contributed by atoms with van der Waals surface area (Å²) in [4.78, 5) is 17.7. The SMILES string of the molecule is Cc1nc(-c2nnn(C)c2CNc2cnn(-c3ccccc3)n2)ccc1O[C@H]1CCC[C@H](C(=O)O)C1. The number of carboxylic acid groups (broad SMARTS) is 1. The highest BCUT2D eigenvalue weighted by Gasteiger charge is 2.28. The van der Waals surface area contributed by atoms with Crippen LogP contribution in [0.1, 0.15) is 37.1 Å².